The van der Waals surface area contributed by atoms with Gasteiger partial charge in [-0.15, -0.1) is 0 Å². The highest BCUT2D eigenvalue weighted by Gasteiger charge is 2.41. The van der Waals surface area contributed by atoms with Gasteiger partial charge in [0.1, 0.15) is 6.61 Å². The highest BCUT2D eigenvalue weighted by molar-refractivity contribution is 5.79. The molecule has 5 nitrogen and oxygen atoms in total. The molecule has 2 aliphatic carbocycles. The van der Waals surface area contributed by atoms with Gasteiger partial charge in [0.2, 0.25) is 0 Å². The molecule has 0 fully saturated rings. The maximum absolute atomic E-state index is 12.8. The van der Waals surface area contributed by atoms with Crippen LogP contribution in [0.4, 0.5) is 4.79 Å². The number of nitrogens with one attached hydrogen (secondary N) is 1. The van der Waals surface area contributed by atoms with E-state index in [-0.39, 0.29) is 18.9 Å². The van der Waals surface area contributed by atoms with Gasteiger partial charge in [0.05, 0.1) is 12.0 Å². The van der Waals surface area contributed by atoms with Gasteiger partial charge in [-0.2, -0.15) is 0 Å². The van der Waals surface area contributed by atoms with Gasteiger partial charge in [-0.1, -0.05) is 72.8 Å². The van der Waals surface area contributed by atoms with Crippen molar-refractivity contribution in [3.05, 3.63) is 95.1 Å². The highest BCUT2D eigenvalue weighted by Crippen LogP contribution is 2.44. The van der Waals surface area contributed by atoms with Crippen LogP contribution in [-0.2, 0) is 22.4 Å². The normalized spacial score (nSPS) is 15.6. The zero-order valence-electron chi connectivity index (χ0n) is 17.0. The van der Waals surface area contributed by atoms with Crippen LogP contribution < -0.4 is 5.32 Å². The molecule has 0 saturated heterocycles. The van der Waals surface area contributed by atoms with E-state index >= 15 is 0 Å². The number of alkyl carbamates (subject to hydrolysis) is 1. The number of ether oxygens (including phenoxy) is 1. The monoisotopic (exact) mass is 413 g/mol. The van der Waals surface area contributed by atoms with Crippen LogP contribution in [0.1, 0.15) is 34.6 Å². The standard InChI is InChI=1S/C26H23NO4/c28-24(29)15-26(13-17-7-1-2-8-18(17)14-26)27-25(30)31-16-23-21-11-5-3-9-19(21)20-10-4-6-12-22(20)23/h1-12,23H,13-16H2,(H,27,30)(H,28,29). The van der Waals surface area contributed by atoms with E-state index in [0.717, 1.165) is 22.3 Å². The Hall–Kier alpha value is -3.60. The molecule has 0 aromatic heterocycles. The van der Waals surface area contributed by atoms with Crippen molar-refractivity contribution in [2.45, 2.75) is 30.7 Å². The Kier molecular flexibility index (Phi) is 4.74. The van der Waals surface area contributed by atoms with Crippen molar-refractivity contribution in [3.8, 4) is 11.1 Å². The number of carboxylic acid groups (broad SMARTS) is 1. The molecule has 1 amide bonds. The van der Waals surface area contributed by atoms with Crippen LogP contribution in [0.15, 0.2) is 72.8 Å². The lowest BCUT2D eigenvalue weighted by Crippen LogP contribution is -2.51. The maximum atomic E-state index is 12.8. The van der Waals surface area contributed by atoms with Crippen LogP contribution in [-0.4, -0.2) is 29.3 Å². The van der Waals surface area contributed by atoms with Crippen molar-refractivity contribution in [1.82, 2.24) is 5.32 Å². The second-order valence-corrected chi connectivity index (χ2v) is 8.42. The first-order valence-electron chi connectivity index (χ1n) is 10.5. The average Bonchev–Trinajstić information content (AvgIpc) is 3.26. The number of fused-ring (bicyclic) bond motifs is 4. The third kappa shape index (κ3) is 3.56. The van der Waals surface area contributed by atoms with E-state index in [1.54, 1.807) is 0 Å². The van der Waals surface area contributed by atoms with Gasteiger partial charge < -0.3 is 15.2 Å². The number of aliphatic carboxylic acids is 1. The lowest BCUT2D eigenvalue weighted by molar-refractivity contribution is -0.138. The summed E-state index contributed by atoms with van der Waals surface area (Å²) in [6.07, 6.45) is 0.251. The summed E-state index contributed by atoms with van der Waals surface area (Å²) in [6, 6.07) is 24.2. The Bertz CT molecular complexity index is 1100. The van der Waals surface area contributed by atoms with E-state index in [0.29, 0.717) is 12.8 Å². The van der Waals surface area contributed by atoms with Crippen LogP contribution in [0.5, 0.6) is 0 Å². The third-order valence-electron chi connectivity index (χ3n) is 6.38. The number of carboxylic acids is 1. The zero-order valence-corrected chi connectivity index (χ0v) is 17.0. The van der Waals surface area contributed by atoms with Gasteiger partial charge in [0.15, 0.2) is 0 Å². The van der Waals surface area contributed by atoms with Gasteiger partial charge in [-0.3, -0.25) is 4.79 Å². The van der Waals surface area contributed by atoms with Crippen molar-refractivity contribution < 1.29 is 19.4 Å². The van der Waals surface area contributed by atoms with E-state index in [9.17, 15) is 14.7 Å². The summed E-state index contributed by atoms with van der Waals surface area (Å²) < 4.78 is 5.66. The van der Waals surface area contributed by atoms with E-state index in [4.69, 9.17) is 4.74 Å². The van der Waals surface area contributed by atoms with Crippen LogP contribution in [0.2, 0.25) is 0 Å². The molecular weight excluding hydrogens is 390 g/mol. The lowest BCUT2D eigenvalue weighted by Gasteiger charge is -2.28. The molecule has 156 valence electrons. The molecule has 5 rings (SSSR count). The molecule has 5 heteroatoms. The van der Waals surface area contributed by atoms with Gasteiger partial charge in [0.25, 0.3) is 0 Å². The summed E-state index contributed by atoms with van der Waals surface area (Å²) >= 11 is 0. The van der Waals surface area contributed by atoms with Gasteiger partial charge >= 0.3 is 12.1 Å². The van der Waals surface area contributed by atoms with E-state index in [1.807, 2.05) is 48.5 Å². The number of hydrogen-bond acceptors (Lipinski definition) is 3. The summed E-state index contributed by atoms with van der Waals surface area (Å²) in [4.78, 5) is 24.3. The van der Waals surface area contributed by atoms with Crippen molar-refractivity contribution in [2.24, 2.45) is 0 Å². The molecule has 3 aromatic carbocycles. The summed E-state index contributed by atoms with van der Waals surface area (Å²) in [5, 5.41) is 12.4. The molecule has 0 bridgehead atoms. The number of amides is 1. The first-order valence-corrected chi connectivity index (χ1v) is 10.5. The fourth-order valence-electron chi connectivity index (χ4n) is 5.09. The summed E-state index contributed by atoms with van der Waals surface area (Å²) in [5.41, 5.74) is 5.90. The fourth-order valence-corrected chi connectivity index (χ4v) is 5.09. The Labute approximate surface area is 180 Å². The number of hydrogen-bond donors (Lipinski definition) is 2. The first kappa shape index (κ1) is 19.4. The number of carbonyl (C=O) groups excluding carboxylic acids is 1. The van der Waals surface area contributed by atoms with E-state index in [1.165, 1.54) is 11.1 Å². The Morgan fingerprint density at radius 2 is 1.39 bits per heavy atom. The number of rotatable bonds is 5. The minimum atomic E-state index is -0.938. The second-order valence-electron chi connectivity index (χ2n) is 8.42. The smallest absolute Gasteiger partial charge is 0.407 e. The SMILES string of the molecule is O=C(O)CC1(NC(=O)OCC2c3ccccc3-c3ccccc32)Cc2ccccc2C1. The topological polar surface area (TPSA) is 75.6 Å². The molecular formula is C26H23NO4. The van der Waals surface area contributed by atoms with Crippen molar-refractivity contribution in [1.29, 1.82) is 0 Å². The quantitative estimate of drug-likeness (QED) is 0.644. The van der Waals surface area contributed by atoms with Crippen molar-refractivity contribution >= 4 is 12.1 Å². The van der Waals surface area contributed by atoms with Crippen LogP contribution in [0.25, 0.3) is 11.1 Å². The molecule has 0 saturated carbocycles. The maximum Gasteiger partial charge on any atom is 0.407 e. The predicted octanol–water partition coefficient (Wildman–Crippen LogP) is 4.54. The molecule has 0 radical (unpaired) electrons. The Balaban J connectivity index is 1.32. The Morgan fingerprint density at radius 1 is 0.871 bits per heavy atom. The third-order valence-corrected chi connectivity index (χ3v) is 6.38. The van der Waals surface area contributed by atoms with E-state index < -0.39 is 17.6 Å². The minimum absolute atomic E-state index is 0.0330. The van der Waals surface area contributed by atoms with Gasteiger partial charge in [-0.05, 0) is 46.2 Å². The molecule has 0 spiro atoms. The fraction of sp³-hybridized carbons (Fsp3) is 0.231. The van der Waals surface area contributed by atoms with Crippen LogP contribution in [0, 0.1) is 0 Å². The molecule has 0 heterocycles. The lowest BCUT2D eigenvalue weighted by atomic mass is 9.92. The Morgan fingerprint density at radius 3 is 1.94 bits per heavy atom. The average molecular weight is 413 g/mol. The summed E-state index contributed by atoms with van der Waals surface area (Å²) in [5.74, 6) is -0.971. The van der Waals surface area contributed by atoms with Gasteiger partial charge in [0, 0.05) is 5.92 Å². The van der Waals surface area contributed by atoms with Crippen LogP contribution in [0.3, 0.4) is 0 Å². The van der Waals surface area contributed by atoms with E-state index in [2.05, 4.69) is 29.6 Å². The first-order chi connectivity index (χ1) is 15.0. The molecule has 2 N–H and O–H groups in total. The zero-order chi connectivity index (χ0) is 21.4. The van der Waals surface area contributed by atoms with Gasteiger partial charge in [-0.25, -0.2) is 4.79 Å². The molecule has 0 unspecified atom stereocenters. The molecule has 2 aliphatic rings. The van der Waals surface area contributed by atoms with Crippen LogP contribution >= 0.6 is 0 Å². The van der Waals surface area contributed by atoms with Crippen molar-refractivity contribution in [2.75, 3.05) is 6.61 Å². The number of benzene rings is 3. The molecule has 0 atom stereocenters. The minimum Gasteiger partial charge on any atom is -0.481 e. The second kappa shape index (κ2) is 7.58. The molecule has 31 heavy (non-hydrogen) atoms. The molecule has 0 aliphatic heterocycles. The van der Waals surface area contributed by atoms with Crippen molar-refractivity contribution in [3.63, 3.8) is 0 Å². The highest BCUT2D eigenvalue weighted by atomic mass is 16.5. The molecule has 3 aromatic rings. The summed E-state index contributed by atoms with van der Waals surface area (Å²) in [7, 11) is 0. The predicted molar refractivity (Wildman–Crippen MR) is 117 cm³/mol. The largest absolute Gasteiger partial charge is 0.481 e. The summed E-state index contributed by atoms with van der Waals surface area (Å²) in [6.45, 7) is 0.204. The number of carbonyl (C=O) groups is 2.